The minimum Gasteiger partial charge on any atom is -0.418 e. The first-order chi connectivity index (χ1) is 9.77. The molecular formula is C11H11BClF4N3O. The Hall–Kier alpha value is -1.82. The van der Waals surface area contributed by atoms with Crippen molar-refractivity contribution in [3.63, 3.8) is 0 Å². The number of hydrogen-bond donors (Lipinski definition) is 0. The number of fused-ring (bicyclic) bond motifs is 1. The number of alkyl halides is 1. The second-order valence-corrected chi connectivity index (χ2v) is 4.50. The lowest BCUT2D eigenvalue weighted by molar-refractivity contribution is -0.118. The van der Waals surface area contributed by atoms with E-state index in [1.165, 1.54) is 4.90 Å². The van der Waals surface area contributed by atoms with E-state index in [4.69, 9.17) is 17.0 Å². The molecule has 1 atom stereocenters. The third kappa shape index (κ3) is 5.23. The zero-order valence-corrected chi connectivity index (χ0v) is 11.5. The molecule has 0 N–H and O–H groups in total. The van der Waals surface area contributed by atoms with Gasteiger partial charge in [-0.25, -0.2) is 4.90 Å². The van der Waals surface area contributed by atoms with Crippen LogP contribution in [0.1, 0.15) is 12.0 Å². The van der Waals surface area contributed by atoms with Crippen molar-refractivity contribution in [2.75, 3.05) is 10.8 Å². The first-order valence-electron chi connectivity index (χ1n) is 5.95. The summed E-state index contributed by atoms with van der Waals surface area (Å²) < 4.78 is 39.0. The Kier molecular flexibility index (Phi) is 5.96. The van der Waals surface area contributed by atoms with Crippen LogP contribution in [0.25, 0.3) is 4.98 Å². The molecule has 1 heterocycles. The van der Waals surface area contributed by atoms with Crippen molar-refractivity contribution >= 4 is 30.4 Å². The van der Waals surface area contributed by atoms with Crippen LogP contribution < -0.4 is 4.90 Å². The number of rotatable bonds is 2. The lowest BCUT2D eigenvalue weighted by Crippen LogP contribution is -2.35. The van der Waals surface area contributed by atoms with Crippen LogP contribution in [0.15, 0.2) is 24.3 Å². The number of benzene rings is 1. The van der Waals surface area contributed by atoms with Crippen LogP contribution in [0, 0.1) is 5.39 Å². The van der Waals surface area contributed by atoms with Crippen LogP contribution in [-0.2, 0) is 11.2 Å². The molecule has 0 aromatic heterocycles. The Bertz CT molecular complexity index is 543. The summed E-state index contributed by atoms with van der Waals surface area (Å²) in [5.41, 5.74) is 1.84. The zero-order chi connectivity index (χ0) is 16.0. The topological polar surface area (TPSA) is 48.5 Å². The SMILES string of the molecule is F[B-](F)(F)F.N#[N+]C1Cc2ccccc2N1C(=O)CCCl. The van der Waals surface area contributed by atoms with Crippen molar-refractivity contribution in [3.8, 4) is 0 Å². The number of halogens is 5. The van der Waals surface area contributed by atoms with E-state index in [1.54, 1.807) is 0 Å². The van der Waals surface area contributed by atoms with Gasteiger partial charge in [0.05, 0.1) is 12.1 Å². The summed E-state index contributed by atoms with van der Waals surface area (Å²) in [5, 5.41) is 8.92. The molecule has 4 nitrogen and oxygen atoms in total. The molecule has 0 fully saturated rings. The minimum atomic E-state index is -6.00. The summed E-state index contributed by atoms with van der Waals surface area (Å²) in [5.74, 6) is 0.165. The predicted octanol–water partition coefficient (Wildman–Crippen LogP) is 3.68. The number of para-hydroxylation sites is 1. The van der Waals surface area contributed by atoms with Gasteiger partial charge in [0.2, 0.25) is 11.3 Å². The Balaban J connectivity index is 0.000000383. The van der Waals surface area contributed by atoms with Gasteiger partial charge in [0.25, 0.3) is 0 Å². The molecule has 21 heavy (non-hydrogen) atoms. The zero-order valence-electron chi connectivity index (χ0n) is 10.7. The predicted molar refractivity (Wildman–Crippen MR) is 72.0 cm³/mol. The van der Waals surface area contributed by atoms with Crippen molar-refractivity contribution in [2.24, 2.45) is 0 Å². The molecule has 1 aliphatic heterocycles. The summed E-state index contributed by atoms with van der Waals surface area (Å²) in [4.78, 5) is 16.6. The van der Waals surface area contributed by atoms with E-state index in [-0.39, 0.29) is 18.2 Å². The number of anilines is 1. The fraction of sp³-hybridized carbons (Fsp3) is 0.364. The standard InChI is InChI=1S/C11H11ClN3O.BF4/c12-6-5-11(16)15-9-4-2-1-3-8(9)7-10(15)14-13;2-1(3,4)5/h1-4,10H,5-7H2;/q+1;-1. The lowest BCUT2D eigenvalue weighted by atomic mass is 10.1. The first kappa shape index (κ1) is 17.2. The largest absolute Gasteiger partial charge is 0.673 e. The quantitative estimate of drug-likeness (QED) is 0.361. The van der Waals surface area contributed by atoms with Gasteiger partial charge >= 0.3 is 13.4 Å². The molecule has 0 aliphatic carbocycles. The van der Waals surface area contributed by atoms with E-state index >= 15 is 0 Å². The van der Waals surface area contributed by atoms with E-state index in [9.17, 15) is 22.1 Å². The molecule has 0 bridgehead atoms. The Morgan fingerprint density at radius 3 is 2.48 bits per heavy atom. The Morgan fingerprint density at radius 2 is 1.95 bits per heavy atom. The molecule has 1 amide bonds. The summed E-state index contributed by atoms with van der Waals surface area (Å²) in [7, 11) is -6.00. The maximum Gasteiger partial charge on any atom is 0.673 e. The monoisotopic (exact) mass is 323 g/mol. The van der Waals surface area contributed by atoms with Crippen LogP contribution in [0.3, 0.4) is 0 Å². The third-order valence-corrected chi connectivity index (χ3v) is 2.85. The maximum absolute atomic E-state index is 11.8. The summed E-state index contributed by atoms with van der Waals surface area (Å²) in [6, 6.07) is 7.55. The summed E-state index contributed by atoms with van der Waals surface area (Å²) in [6.45, 7) is 0. The highest BCUT2D eigenvalue weighted by Crippen LogP contribution is 2.33. The van der Waals surface area contributed by atoms with Crippen LogP contribution in [0.4, 0.5) is 23.0 Å². The normalized spacial score (nSPS) is 16.6. The highest BCUT2D eigenvalue weighted by Gasteiger charge is 2.41. The molecular weight excluding hydrogens is 312 g/mol. The van der Waals surface area contributed by atoms with Crippen LogP contribution in [0.5, 0.6) is 0 Å². The van der Waals surface area contributed by atoms with Crippen LogP contribution in [-0.4, -0.2) is 25.2 Å². The van der Waals surface area contributed by atoms with E-state index in [2.05, 4.69) is 4.98 Å². The number of hydrogen-bond acceptors (Lipinski definition) is 2. The number of carbonyl (C=O) groups is 1. The van der Waals surface area contributed by atoms with Crippen molar-refractivity contribution < 1.29 is 22.1 Å². The fourth-order valence-electron chi connectivity index (χ4n) is 1.96. The molecule has 0 spiro atoms. The molecule has 0 radical (unpaired) electrons. The molecule has 1 aromatic rings. The first-order valence-corrected chi connectivity index (χ1v) is 6.49. The molecule has 0 saturated carbocycles. The number of carbonyl (C=O) groups excluding carboxylic acids is 1. The smallest absolute Gasteiger partial charge is 0.418 e. The van der Waals surface area contributed by atoms with Gasteiger partial charge in [0.15, 0.2) is 0 Å². The summed E-state index contributed by atoms with van der Waals surface area (Å²) in [6.07, 6.45) is 0.302. The second kappa shape index (κ2) is 7.27. The maximum atomic E-state index is 11.8. The van der Waals surface area contributed by atoms with Crippen LogP contribution >= 0.6 is 11.6 Å². The molecule has 10 heteroatoms. The van der Waals surface area contributed by atoms with E-state index in [0.717, 1.165) is 11.3 Å². The molecule has 114 valence electrons. The molecule has 1 aliphatic rings. The fourth-order valence-corrected chi connectivity index (χ4v) is 2.12. The van der Waals surface area contributed by atoms with E-state index < -0.39 is 13.4 Å². The van der Waals surface area contributed by atoms with Crippen LogP contribution in [0.2, 0.25) is 0 Å². The van der Waals surface area contributed by atoms with Gasteiger partial charge in [0.1, 0.15) is 4.98 Å². The van der Waals surface area contributed by atoms with Gasteiger partial charge in [-0.3, -0.25) is 4.79 Å². The highest BCUT2D eigenvalue weighted by molar-refractivity contribution is 6.50. The van der Waals surface area contributed by atoms with Gasteiger partial charge in [0, 0.05) is 12.3 Å². The van der Waals surface area contributed by atoms with Crippen molar-refractivity contribution in [2.45, 2.75) is 19.0 Å². The van der Waals surface area contributed by atoms with Gasteiger partial charge in [-0.1, -0.05) is 18.2 Å². The average Bonchev–Trinajstić information content (AvgIpc) is 2.75. The molecule has 0 saturated heterocycles. The van der Waals surface area contributed by atoms with Gasteiger partial charge < -0.3 is 17.3 Å². The van der Waals surface area contributed by atoms with Gasteiger partial charge in [-0.05, 0) is 11.6 Å². The third-order valence-electron chi connectivity index (χ3n) is 2.66. The van der Waals surface area contributed by atoms with Crippen molar-refractivity contribution in [1.29, 1.82) is 5.39 Å². The molecule has 1 aromatic carbocycles. The van der Waals surface area contributed by atoms with Crippen molar-refractivity contribution in [3.05, 3.63) is 34.8 Å². The Labute approximate surface area is 123 Å². The van der Waals surface area contributed by atoms with Gasteiger partial charge in [-0.15, -0.1) is 11.6 Å². The number of nitrogens with zero attached hydrogens (tertiary/aromatic N) is 3. The average molecular weight is 323 g/mol. The minimum absolute atomic E-state index is 0.109. The van der Waals surface area contributed by atoms with E-state index in [0.29, 0.717) is 6.42 Å². The Morgan fingerprint density at radius 1 is 1.38 bits per heavy atom. The van der Waals surface area contributed by atoms with Crippen molar-refractivity contribution in [1.82, 2.24) is 0 Å². The lowest BCUT2D eigenvalue weighted by Gasteiger charge is -2.14. The van der Waals surface area contributed by atoms with Gasteiger partial charge in [-0.2, -0.15) is 0 Å². The highest BCUT2D eigenvalue weighted by atomic mass is 35.5. The van der Waals surface area contributed by atoms with E-state index in [1.807, 2.05) is 24.3 Å². The number of diazo groups is 1. The summed E-state index contributed by atoms with van der Waals surface area (Å²) >= 11 is 5.55. The molecule has 2 rings (SSSR count). The molecule has 1 unspecified atom stereocenters. The number of amides is 1. The second-order valence-electron chi connectivity index (χ2n) is 4.13.